The monoisotopic (exact) mass is 252 g/mol. The number of benzene rings is 1. The third-order valence-electron chi connectivity index (χ3n) is 3.51. The van der Waals surface area contributed by atoms with Gasteiger partial charge in [-0.15, -0.1) is 0 Å². The van der Waals surface area contributed by atoms with Crippen LogP contribution in [0, 0.1) is 21.8 Å². The molecule has 1 saturated carbocycles. The van der Waals surface area contributed by atoms with Gasteiger partial charge in [0.05, 0.1) is 16.7 Å². The highest BCUT2D eigenvalue weighted by Crippen LogP contribution is 2.27. The SMILES string of the molecule is O=[N+]([O-])c1ccc(NCCC2CCCC2)c(F)c1. The van der Waals surface area contributed by atoms with E-state index in [9.17, 15) is 14.5 Å². The van der Waals surface area contributed by atoms with Crippen LogP contribution in [-0.4, -0.2) is 11.5 Å². The van der Waals surface area contributed by atoms with Crippen LogP contribution in [0.1, 0.15) is 32.1 Å². The molecule has 1 aliphatic rings. The number of halogens is 1. The zero-order chi connectivity index (χ0) is 13.0. The van der Waals surface area contributed by atoms with Gasteiger partial charge in [0.15, 0.2) is 5.82 Å². The zero-order valence-electron chi connectivity index (χ0n) is 10.2. The summed E-state index contributed by atoms with van der Waals surface area (Å²) in [5.74, 6) is 0.189. The molecule has 98 valence electrons. The fourth-order valence-electron chi connectivity index (χ4n) is 2.47. The fourth-order valence-corrected chi connectivity index (χ4v) is 2.47. The average molecular weight is 252 g/mol. The summed E-state index contributed by atoms with van der Waals surface area (Å²) in [6, 6.07) is 3.71. The van der Waals surface area contributed by atoms with Crippen molar-refractivity contribution in [2.45, 2.75) is 32.1 Å². The van der Waals surface area contributed by atoms with Crippen molar-refractivity contribution in [3.05, 3.63) is 34.1 Å². The molecule has 4 nitrogen and oxygen atoms in total. The molecule has 0 aromatic heterocycles. The summed E-state index contributed by atoms with van der Waals surface area (Å²) in [5, 5.41) is 13.5. The Balaban J connectivity index is 1.87. The topological polar surface area (TPSA) is 55.2 Å². The van der Waals surface area contributed by atoms with E-state index < -0.39 is 10.7 Å². The van der Waals surface area contributed by atoms with E-state index in [0.29, 0.717) is 5.69 Å². The van der Waals surface area contributed by atoms with Crippen LogP contribution < -0.4 is 5.32 Å². The maximum absolute atomic E-state index is 13.5. The van der Waals surface area contributed by atoms with Gasteiger partial charge >= 0.3 is 0 Å². The number of nitro groups is 1. The van der Waals surface area contributed by atoms with Crippen molar-refractivity contribution in [2.24, 2.45) is 5.92 Å². The predicted octanol–water partition coefficient (Wildman–Crippen LogP) is 3.73. The molecular weight excluding hydrogens is 235 g/mol. The highest BCUT2D eigenvalue weighted by atomic mass is 19.1. The number of hydrogen-bond donors (Lipinski definition) is 1. The first-order valence-corrected chi connectivity index (χ1v) is 6.34. The Morgan fingerprint density at radius 1 is 1.39 bits per heavy atom. The maximum atomic E-state index is 13.5. The van der Waals surface area contributed by atoms with Gasteiger partial charge in [-0.1, -0.05) is 25.7 Å². The van der Waals surface area contributed by atoms with Crippen LogP contribution in [0.4, 0.5) is 15.8 Å². The molecule has 0 bridgehead atoms. The summed E-state index contributed by atoms with van der Waals surface area (Å²) in [4.78, 5) is 9.88. The minimum Gasteiger partial charge on any atom is -0.383 e. The van der Waals surface area contributed by atoms with Crippen molar-refractivity contribution < 1.29 is 9.31 Å². The van der Waals surface area contributed by atoms with Gasteiger partial charge < -0.3 is 5.32 Å². The molecule has 1 aliphatic carbocycles. The van der Waals surface area contributed by atoms with Gasteiger partial charge in [0.2, 0.25) is 0 Å². The second-order valence-corrected chi connectivity index (χ2v) is 4.79. The molecule has 0 radical (unpaired) electrons. The molecule has 0 unspecified atom stereocenters. The van der Waals surface area contributed by atoms with Crippen molar-refractivity contribution in [2.75, 3.05) is 11.9 Å². The lowest BCUT2D eigenvalue weighted by Crippen LogP contribution is -2.08. The van der Waals surface area contributed by atoms with Crippen molar-refractivity contribution in [1.82, 2.24) is 0 Å². The van der Waals surface area contributed by atoms with Crippen LogP contribution >= 0.6 is 0 Å². The van der Waals surface area contributed by atoms with Gasteiger partial charge in [-0.05, 0) is 18.4 Å². The first kappa shape index (κ1) is 12.8. The van der Waals surface area contributed by atoms with E-state index in [1.807, 2.05) is 0 Å². The smallest absolute Gasteiger partial charge is 0.272 e. The van der Waals surface area contributed by atoms with Crippen molar-refractivity contribution in [3.8, 4) is 0 Å². The number of hydrogen-bond acceptors (Lipinski definition) is 3. The molecule has 0 saturated heterocycles. The van der Waals surface area contributed by atoms with E-state index in [0.717, 1.165) is 24.9 Å². The molecular formula is C13H17FN2O2. The lowest BCUT2D eigenvalue weighted by Gasteiger charge is -2.11. The van der Waals surface area contributed by atoms with Crippen LogP contribution in [0.2, 0.25) is 0 Å². The lowest BCUT2D eigenvalue weighted by atomic mass is 10.0. The van der Waals surface area contributed by atoms with Crippen LogP contribution in [0.3, 0.4) is 0 Å². The van der Waals surface area contributed by atoms with Gasteiger partial charge in [0.25, 0.3) is 5.69 Å². The molecule has 18 heavy (non-hydrogen) atoms. The minimum absolute atomic E-state index is 0.214. The Bertz CT molecular complexity index is 431. The Morgan fingerprint density at radius 2 is 2.11 bits per heavy atom. The van der Waals surface area contributed by atoms with Crippen LogP contribution in [0.15, 0.2) is 18.2 Å². The highest BCUT2D eigenvalue weighted by molar-refractivity contribution is 5.50. The first-order valence-electron chi connectivity index (χ1n) is 6.34. The van der Waals surface area contributed by atoms with Gasteiger partial charge in [-0.25, -0.2) is 4.39 Å². The number of non-ortho nitro benzene ring substituents is 1. The number of nitrogens with zero attached hydrogens (tertiary/aromatic N) is 1. The molecule has 0 aliphatic heterocycles. The Labute approximate surface area is 105 Å². The summed E-state index contributed by atoms with van der Waals surface area (Å²) < 4.78 is 13.5. The van der Waals surface area contributed by atoms with E-state index in [2.05, 4.69) is 5.32 Å². The Kier molecular flexibility index (Phi) is 4.12. The molecule has 1 N–H and O–H groups in total. The summed E-state index contributed by atoms with van der Waals surface area (Å²) in [5.41, 5.74) is 0.132. The zero-order valence-corrected chi connectivity index (χ0v) is 10.2. The molecule has 0 spiro atoms. The Morgan fingerprint density at radius 3 is 2.72 bits per heavy atom. The second-order valence-electron chi connectivity index (χ2n) is 4.79. The number of anilines is 1. The Hall–Kier alpha value is -1.65. The number of rotatable bonds is 5. The molecule has 2 rings (SSSR count). The van der Waals surface area contributed by atoms with E-state index in [1.165, 1.54) is 37.8 Å². The van der Waals surface area contributed by atoms with Crippen molar-refractivity contribution in [1.29, 1.82) is 0 Å². The summed E-state index contributed by atoms with van der Waals surface area (Å²) in [6.45, 7) is 0.722. The van der Waals surface area contributed by atoms with E-state index in [4.69, 9.17) is 0 Å². The molecule has 1 aromatic carbocycles. The molecule has 0 amide bonds. The minimum atomic E-state index is -0.592. The summed E-state index contributed by atoms with van der Waals surface area (Å²) in [7, 11) is 0. The maximum Gasteiger partial charge on any atom is 0.272 e. The summed E-state index contributed by atoms with van der Waals surface area (Å²) in [6.07, 6.45) is 6.18. The van der Waals surface area contributed by atoms with Crippen molar-refractivity contribution >= 4 is 11.4 Å². The van der Waals surface area contributed by atoms with Crippen LogP contribution in [-0.2, 0) is 0 Å². The van der Waals surface area contributed by atoms with E-state index >= 15 is 0 Å². The fraction of sp³-hybridized carbons (Fsp3) is 0.538. The molecule has 0 heterocycles. The van der Waals surface area contributed by atoms with Crippen LogP contribution in [0.5, 0.6) is 0 Å². The van der Waals surface area contributed by atoms with Gasteiger partial charge in [0.1, 0.15) is 0 Å². The van der Waals surface area contributed by atoms with Gasteiger partial charge in [-0.2, -0.15) is 0 Å². The summed E-state index contributed by atoms with van der Waals surface area (Å²) >= 11 is 0. The highest BCUT2D eigenvalue weighted by Gasteiger charge is 2.15. The van der Waals surface area contributed by atoms with Crippen LogP contribution in [0.25, 0.3) is 0 Å². The normalized spacial score (nSPS) is 15.8. The number of nitrogens with one attached hydrogen (secondary N) is 1. The molecule has 1 aromatic rings. The van der Waals surface area contributed by atoms with E-state index in [1.54, 1.807) is 0 Å². The lowest BCUT2D eigenvalue weighted by molar-refractivity contribution is -0.385. The number of nitro benzene ring substituents is 1. The second kappa shape index (κ2) is 5.80. The van der Waals surface area contributed by atoms with E-state index in [-0.39, 0.29) is 5.69 Å². The van der Waals surface area contributed by atoms with Gasteiger partial charge in [-0.3, -0.25) is 10.1 Å². The predicted molar refractivity (Wildman–Crippen MR) is 68.1 cm³/mol. The molecule has 0 atom stereocenters. The molecule has 1 fully saturated rings. The average Bonchev–Trinajstić information content (AvgIpc) is 2.84. The first-order chi connectivity index (χ1) is 8.66. The third kappa shape index (κ3) is 3.18. The van der Waals surface area contributed by atoms with Gasteiger partial charge in [0, 0.05) is 12.6 Å². The van der Waals surface area contributed by atoms with Crippen molar-refractivity contribution in [3.63, 3.8) is 0 Å². The quantitative estimate of drug-likeness (QED) is 0.641. The largest absolute Gasteiger partial charge is 0.383 e. The standard InChI is InChI=1S/C13H17FN2O2/c14-12-9-11(16(17)18)5-6-13(12)15-8-7-10-3-1-2-4-10/h5-6,9-10,15H,1-4,7-8H2. The third-order valence-corrected chi connectivity index (χ3v) is 3.51. The molecule has 5 heteroatoms.